The maximum absolute atomic E-state index is 10.4. The molecule has 1 aromatic heterocycles. The molecule has 0 saturated carbocycles. The van der Waals surface area contributed by atoms with Crippen LogP contribution in [-0.4, -0.2) is 33.0 Å². The summed E-state index contributed by atoms with van der Waals surface area (Å²) in [6, 6.07) is -0.787. The Morgan fingerprint density at radius 1 is 1.73 bits per heavy atom. The number of carboxylic acid groups (broad SMARTS) is 1. The summed E-state index contributed by atoms with van der Waals surface area (Å²) in [4.78, 5) is 14.4. The number of nitrogens with zero attached hydrogens (tertiary/aromatic N) is 2. The zero-order valence-electron chi connectivity index (χ0n) is 8.34. The largest absolute Gasteiger partial charge is 0.480 e. The van der Waals surface area contributed by atoms with Crippen LogP contribution in [0.25, 0.3) is 0 Å². The minimum atomic E-state index is -0.967. The lowest BCUT2D eigenvalue weighted by atomic mass is 10.2. The average Bonchev–Trinajstić information content (AvgIpc) is 2.58. The van der Waals surface area contributed by atoms with Crippen LogP contribution in [0.2, 0.25) is 0 Å². The van der Waals surface area contributed by atoms with Crippen LogP contribution in [0.1, 0.15) is 18.1 Å². The van der Waals surface area contributed by atoms with Gasteiger partial charge >= 0.3 is 5.97 Å². The van der Waals surface area contributed by atoms with Crippen molar-refractivity contribution >= 4 is 17.7 Å². The van der Waals surface area contributed by atoms with Gasteiger partial charge in [0.1, 0.15) is 6.04 Å². The summed E-state index contributed by atoms with van der Waals surface area (Å²) in [5.41, 5.74) is 5.34. The molecular formula is C8H13N3O3S. The van der Waals surface area contributed by atoms with Gasteiger partial charge in [-0.05, 0) is 12.2 Å². The van der Waals surface area contributed by atoms with Gasteiger partial charge in [-0.3, -0.25) is 4.79 Å². The summed E-state index contributed by atoms with van der Waals surface area (Å²) in [6.07, 6.45) is 0.441. The zero-order chi connectivity index (χ0) is 11.3. The number of thioether (sulfide) groups is 1. The quantitative estimate of drug-likeness (QED) is 0.683. The second-order valence-corrected chi connectivity index (χ2v) is 4.12. The predicted molar refractivity (Wildman–Crippen MR) is 55.4 cm³/mol. The second-order valence-electron chi connectivity index (χ2n) is 3.02. The molecular weight excluding hydrogens is 218 g/mol. The summed E-state index contributed by atoms with van der Waals surface area (Å²) in [7, 11) is 0. The molecule has 1 aromatic rings. The number of aliphatic carboxylic acids is 1. The van der Waals surface area contributed by atoms with E-state index in [2.05, 4.69) is 10.1 Å². The van der Waals surface area contributed by atoms with Crippen molar-refractivity contribution in [1.82, 2.24) is 10.1 Å². The highest BCUT2D eigenvalue weighted by molar-refractivity contribution is 7.98. The van der Waals surface area contributed by atoms with Gasteiger partial charge in [-0.2, -0.15) is 16.7 Å². The van der Waals surface area contributed by atoms with Crippen LogP contribution in [0, 0.1) is 6.92 Å². The first kappa shape index (κ1) is 12.0. The van der Waals surface area contributed by atoms with Gasteiger partial charge in [0.2, 0.25) is 5.89 Å². The highest BCUT2D eigenvalue weighted by Gasteiger charge is 2.10. The number of aromatic nitrogens is 2. The molecule has 0 radical (unpaired) electrons. The predicted octanol–water partition coefficient (Wildman–Crippen LogP) is 0.413. The number of aryl methyl sites for hydroxylation is 1. The molecule has 7 heteroatoms. The number of carboxylic acids is 1. The Kier molecular flexibility index (Phi) is 4.57. The van der Waals surface area contributed by atoms with E-state index in [1.54, 1.807) is 6.92 Å². The fourth-order valence-electron chi connectivity index (χ4n) is 0.897. The Balaban J connectivity index is 2.14. The molecule has 1 rings (SSSR count). The van der Waals surface area contributed by atoms with E-state index in [9.17, 15) is 4.79 Å². The molecule has 15 heavy (non-hydrogen) atoms. The summed E-state index contributed by atoms with van der Waals surface area (Å²) in [5.74, 6) is 1.48. The molecule has 0 spiro atoms. The number of hydrogen-bond donors (Lipinski definition) is 2. The SMILES string of the molecule is Cc1nc(CSCCC(N)C(=O)O)no1. The first-order valence-corrected chi connectivity index (χ1v) is 5.60. The minimum absolute atomic E-state index is 0.441. The molecule has 0 fully saturated rings. The Labute approximate surface area is 91.2 Å². The Morgan fingerprint density at radius 3 is 3.00 bits per heavy atom. The molecule has 0 saturated heterocycles. The van der Waals surface area contributed by atoms with E-state index in [1.165, 1.54) is 11.8 Å². The van der Waals surface area contributed by atoms with Crippen molar-refractivity contribution in [2.75, 3.05) is 5.75 Å². The van der Waals surface area contributed by atoms with Crippen molar-refractivity contribution in [3.63, 3.8) is 0 Å². The van der Waals surface area contributed by atoms with Crippen LogP contribution in [0.3, 0.4) is 0 Å². The maximum Gasteiger partial charge on any atom is 0.320 e. The fraction of sp³-hybridized carbons (Fsp3) is 0.625. The van der Waals surface area contributed by atoms with Crippen molar-refractivity contribution < 1.29 is 14.4 Å². The lowest BCUT2D eigenvalue weighted by molar-refractivity contribution is -0.138. The van der Waals surface area contributed by atoms with Gasteiger partial charge in [-0.15, -0.1) is 0 Å². The summed E-state index contributed by atoms with van der Waals surface area (Å²) >= 11 is 1.54. The molecule has 1 unspecified atom stereocenters. The molecule has 0 aliphatic carbocycles. The number of nitrogens with two attached hydrogens (primary N) is 1. The first-order valence-electron chi connectivity index (χ1n) is 4.45. The molecule has 3 N–H and O–H groups in total. The Morgan fingerprint density at radius 2 is 2.47 bits per heavy atom. The van der Waals surface area contributed by atoms with Gasteiger partial charge in [0.05, 0.1) is 5.75 Å². The fourth-order valence-corrected chi connectivity index (χ4v) is 1.76. The van der Waals surface area contributed by atoms with Crippen molar-refractivity contribution in [2.24, 2.45) is 5.73 Å². The zero-order valence-corrected chi connectivity index (χ0v) is 9.16. The lowest BCUT2D eigenvalue weighted by Crippen LogP contribution is -2.30. The van der Waals surface area contributed by atoms with Gasteiger partial charge in [-0.25, -0.2) is 0 Å². The van der Waals surface area contributed by atoms with Crippen LogP contribution in [0.15, 0.2) is 4.52 Å². The maximum atomic E-state index is 10.4. The molecule has 0 aliphatic heterocycles. The molecule has 6 nitrogen and oxygen atoms in total. The third-order valence-corrected chi connectivity index (χ3v) is 2.68. The van der Waals surface area contributed by atoms with Crippen LogP contribution < -0.4 is 5.73 Å². The van der Waals surface area contributed by atoms with Crippen molar-refractivity contribution in [1.29, 1.82) is 0 Å². The van der Waals surface area contributed by atoms with Crippen LogP contribution in [-0.2, 0) is 10.5 Å². The lowest BCUT2D eigenvalue weighted by Gasteiger charge is -2.04. The second kappa shape index (κ2) is 5.72. The molecule has 84 valence electrons. The minimum Gasteiger partial charge on any atom is -0.480 e. The van der Waals surface area contributed by atoms with E-state index in [1.807, 2.05) is 0 Å². The van der Waals surface area contributed by atoms with Gasteiger partial charge in [0.25, 0.3) is 0 Å². The molecule has 0 amide bonds. The summed E-state index contributed by atoms with van der Waals surface area (Å²) < 4.78 is 4.79. The van der Waals surface area contributed by atoms with E-state index < -0.39 is 12.0 Å². The van der Waals surface area contributed by atoms with Crippen molar-refractivity contribution in [2.45, 2.75) is 25.1 Å². The van der Waals surface area contributed by atoms with Crippen LogP contribution >= 0.6 is 11.8 Å². The Hall–Kier alpha value is -1.08. The summed E-state index contributed by atoms with van der Waals surface area (Å²) in [5, 5.41) is 12.2. The van der Waals surface area contributed by atoms with Gasteiger partial charge in [0.15, 0.2) is 5.82 Å². The number of rotatable bonds is 6. The van der Waals surface area contributed by atoms with Gasteiger partial charge in [-0.1, -0.05) is 5.16 Å². The molecule has 1 heterocycles. The van der Waals surface area contributed by atoms with Crippen LogP contribution in [0.5, 0.6) is 0 Å². The third kappa shape index (κ3) is 4.30. The molecule has 0 aromatic carbocycles. The average molecular weight is 231 g/mol. The molecule has 0 bridgehead atoms. The number of carbonyl (C=O) groups is 1. The van der Waals surface area contributed by atoms with E-state index in [-0.39, 0.29) is 0 Å². The van der Waals surface area contributed by atoms with Gasteiger partial charge < -0.3 is 15.4 Å². The van der Waals surface area contributed by atoms with Crippen molar-refractivity contribution in [3.05, 3.63) is 11.7 Å². The van der Waals surface area contributed by atoms with Crippen LogP contribution in [0.4, 0.5) is 0 Å². The third-order valence-electron chi connectivity index (χ3n) is 1.69. The van der Waals surface area contributed by atoms with E-state index in [4.69, 9.17) is 15.4 Å². The summed E-state index contributed by atoms with van der Waals surface area (Å²) in [6.45, 7) is 1.72. The van der Waals surface area contributed by atoms with E-state index >= 15 is 0 Å². The smallest absolute Gasteiger partial charge is 0.320 e. The molecule has 0 aliphatic rings. The van der Waals surface area contributed by atoms with E-state index in [0.29, 0.717) is 29.6 Å². The highest BCUT2D eigenvalue weighted by atomic mass is 32.2. The highest BCUT2D eigenvalue weighted by Crippen LogP contribution is 2.10. The molecule has 1 atom stereocenters. The monoisotopic (exact) mass is 231 g/mol. The topological polar surface area (TPSA) is 102 Å². The van der Waals surface area contributed by atoms with E-state index in [0.717, 1.165) is 0 Å². The first-order chi connectivity index (χ1) is 7.09. The normalized spacial score (nSPS) is 12.7. The van der Waals surface area contributed by atoms with Gasteiger partial charge in [0, 0.05) is 6.92 Å². The standard InChI is InChI=1S/C8H13N3O3S/c1-5-10-7(11-14-5)4-15-3-2-6(9)8(12)13/h6H,2-4,9H2,1H3,(H,12,13). The number of hydrogen-bond acceptors (Lipinski definition) is 6. The Bertz CT molecular complexity index is 329. The van der Waals surface area contributed by atoms with Crippen molar-refractivity contribution in [3.8, 4) is 0 Å².